The zero-order chi connectivity index (χ0) is 21.4. The molecule has 1 aliphatic heterocycles. The Hall–Kier alpha value is -3.15. The molecular weight excluding hydrogens is 388 g/mol. The van der Waals surface area contributed by atoms with Gasteiger partial charge >= 0.3 is 0 Å². The maximum absolute atomic E-state index is 12.9. The Kier molecular flexibility index (Phi) is 5.22. The van der Waals surface area contributed by atoms with Crippen LogP contribution in [0.1, 0.15) is 71.8 Å². The van der Waals surface area contributed by atoms with Crippen LogP contribution in [0.4, 0.5) is 5.69 Å². The third-order valence-electron chi connectivity index (χ3n) is 6.24. The van der Waals surface area contributed by atoms with Crippen LogP contribution >= 0.6 is 0 Å². The Morgan fingerprint density at radius 1 is 1.10 bits per heavy atom. The summed E-state index contributed by atoms with van der Waals surface area (Å²) in [6, 6.07) is 16.2. The van der Waals surface area contributed by atoms with Gasteiger partial charge in [0.1, 0.15) is 6.04 Å². The summed E-state index contributed by atoms with van der Waals surface area (Å²) in [6.45, 7) is 5.97. The quantitative estimate of drug-likeness (QED) is 0.634. The van der Waals surface area contributed by atoms with Crippen LogP contribution in [0.25, 0.3) is 0 Å². The number of nitrogens with one attached hydrogen (secondary N) is 1. The smallest absolute Gasteiger partial charge is 0.251 e. The lowest BCUT2D eigenvalue weighted by atomic mass is 9.99. The van der Waals surface area contributed by atoms with Crippen LogP contribution in [0, 0.1) is 5.92 Å². The lowest BCUT2D eigenvalue weighted by molar-refractivity contribution is 0.0914. The summed E-state index contributed by atoms with van der Waals surface area (Å²) in [7, 11) is 0. The van der Waals surface area contributed by atoms with Crippen LogP contribution in [-0.4, -0.2) is 22.6 Å². The molecule has 1 saturated carbocycles. The first-order valence-corrected chi connectivity index (χ1v) is 11.1. The molecule has 3 aromatic rings. The predicted molar refractivity (Wildman–Crippen MR) is 119 cm³/mol. The Labute approximate surface area is 182 Å². The topological polar surface area (TPSA) is 71.3 Å². The van der Waals surface area contributed by atoms with Gasteiger partial charge in [-0.25, -0.2) is 0 Å². The van der Waals surface area contributed by atoms with Gasteiger partial charge < -0.3 is 14.7 Å². The number of carbonyl (C=O) groups is 1. The fourth-order valence-electron chi connectivity index (χ4n) is 4.16. The van der Waals surface area contributed by atoms with Crippen molar-refractivity contribution in [3.05, 3.63) is 76.9 Å². The van der Waals surface area contributed by atoms with Gasteiger partial charge in [0.2, 0.25) is 5.89 Å². The first-order valence-electron chi connectivity index (χ1n) is 11.1. The zero-order valence-corrected chi connectivity index (χ0v) is 18.0. The van der Waals surface area contributed by atoms with E-state index in [-0.39, 0.29) is 17.9 Å². The summed E-state index contributed by atoms with van der Waals surface area (Å²) >= 11 is 0. The maximum atomic E-state index is 12.9. The van der Waals surface area contributed by atoms with Crippen molar-refractivity contribution in [3.63, 3.8) is 0 Å². The first kappa shape index (κ1) is 19.8. The van der Waals surface area contributed by atoms with E-state index in [4.69, 9.17) is 4.52 Å². The van der Waals surface area contributed by atoms with E-state index in [1.54, 1.807) is 0 Å². The van der Waals surface area contributed by atoms with E-state index in [0.717, 1.165) is 43.9 Å². The third kappa shape index (κ3) is 4.20. The summed E-state index contributed by atoms with van der Waals surface area (Å²) in [5, 5.41) is 7.18. The van der Waals surface area contributed by atoms with Crippen molar-refractivity contribution in [1.82, 2.24) is 15.5 Å². The average molecular weight is 417 g/mol. The summed E-state index contributed by atoms with van der Waals surface area (Å²) in [5.74, 6) is 1.70. The van der Waals surface area contributed by atoms with E-state index < -0.39 is 0 Å². The van der Waals surface area contributed by atoms with Crippen LogP contribution in [0.3, 0.4) is 0 Å². The SMILES string of the molecule is CC(C)C(NC(=O)c1ccc(N2CCc3ccccc3C2)cc1)c1nc(C2CC2)no1. The molecule has 1 atom stereocenters. The standard InChI is InChI=1S/C25H28N4O2/c1-16(2)22(25-27-23(28-31-25)18-7-8-18)26-24(30)19-9-11-21(12-10-19)29-14-13-17-5-3-4-6-20(17)15-29/h3-6,9-12,16,18,22H,7-8,13-15H2,1-2H3,(H,26,30). The second-order valence-corrected chi connectivity index (χ2v) is 8.95. The van der Waals surface area contributed by atoms with Gasteiger partial charge in [0.05, 0.1) is 0 Å². The molecular formula is C25H28N4O2. The molecule has 6 nitrogen and oxygen atoms in total. The summed E-state index contributed by atoms with van der Waals surface area (Å²) in [6.07, 6.45) is 3.28. The molecule has 160 valence electrons. The molecule has 1 fully saturated rings. The number of amides is 1. The van der Waals surface area contributed by atoms with E-state index in [0.29, 0.717) is 17.4 Å². The van der Waals surface area contributed by atoms with E-state index in [9.17, 15) is 4.79 Å². The lowest BCUT2D eigenvalue weighted by Gasteiger charge is -2.30. The molecule has 31 heavy (non-hydrogen) atoms. The Balaban J connectivity index is 1.27. The highest BCUT2D eigenvalue weighted by molar-refractivity contribution is 5.94. The van der Waals surface area contributed by atoms with Crippen LogP contribution in [0.5, 0.6) is 0 Å². The van der Waals surface area contributed by atoms with E-state index in [1.807, 2.05) is 38.1 Å². The molecule has 1 aliphatic carbocycles. The molecule has 2 aliphatic rings. The predicted octanol–water partition coefficient (Wildman–Crippen LogP) is 4.64. The highest BCUT2D eigenvalue weighted by Gasteiger charge is 2.31. The fourth-order valence-corrected chi connectivity index (χ4v) is 4.16. The monoisotopic (exact) mass is 416 g/mol. The number of nitrogens with zero attached hydrogens (tertiary/aromatic N) is 3. The minimum Gasteiger partial charge on any atom is -0.367 e. The molecule has 2 aromatic carbocycles. The zero-order valence-electron chi connectivity index (χ0n) is 18.0. The van der Waals surface area contributed by atoms with Crippen LogP contribution in [0.15, 0.2) is 53.1 Å². The second-order valence-electron chi connectivity index (χ2n) is 8.95. The molecule has 2 heterocycles. The van der Waals surface area contributed by atoms with Crippen molar-refractivity contribution in [3.8, 4) is 0 Å². The van der Waals surface area contributed by atoms with Gasteiger partial charge in [-0.2, -0.15) is 4.98 Å². The molecule has 6 heteroatoms. The van der Waals surface area contributed by atoms with Crippen molar-refractivity contribution in [2.75, 3.05) is 11.4 Å². The minimum absolute atomic E-state index is 0.125. The molecule has 1 amide bonds. The maximum Gasteiger partial charge on any atom is 0.251 e. The summed E-state index contributed by atoms with van der Waals surface area (Å²) in [4.78, 5) is 19.8. The van der Waals surface area contributed by atoms with Crippen molar-refractivity contribution in [1.29, 1.82) is 0 Å². The number of anilines is 1. The number of benzene rings is 2. The number of aromatic nitrogens is 2. The molecule has 0 radical (unpaired) electrons. The van der Waals surface area contributed by atoms with Crippen molar-refractivity contribution in [2.45, 2.75) is 51.6 Å². The van der Waals surface area contributed by atoms with Crippen molar-refractivity contribution in [2.24, 2.45) is 5.92 Å². The second kappa shape index (κ2) is 8.17. The van der Waals surface area contributed by atoms with Gasteiger partial charge in [-0.05, 0) is 60.6 Å². The fraction of sp³-hybridized carbons (Fsp3) is 0.400. The highest BCUT2D eigenvalue weighted by Crippen LogP contribution is 2.38. The number of rotatable bonds is 6. The molecule has 0 spiro atoms. The van der Waals surface area contributed by atoms with Crippen LogP contribution in [0.2, 0.25) is 0 Å². The minimum atomic E-state index is -0.300. The lowest BCUT2D eigenvalue weighted by Crippen LogP contribution is -2.32. The molecule has 1 N–H and O–H groups in total. The molecule has 5 rings (SSSR count). The van der Waals surface area contributed by atoms with Crippen LogP contribution in [-0.2, 0) is 13.0 Å². The first-order chi connectivity index (χ1) is 15.1. The number of hydrogen-bond acceptors (Lipinski definition) is 5. The van der Waals surface area contributed by atoms with Gasteiger partial charge in [-0.3, -0.25) is 4.79 Å². The summed E-state index contributed by atoms with van der Waals surface area (Å²) < 4.78 is 5.47. The van der Waals surface area contributed by atoms with Gasteiger partial charge in [0.15, 0.2) is 5.82 Å². The largest absolute Gasteiger partial charge is 0.367 e. The normalized spacial score (nSPS) is 16.8. The van der Waals surface area contributed by atoms with Crippen molar-refractivity contribution >= 4 is 11.6 Å². The number of fused-ring (bicyclic) bond motifs is 1. The average Bonchev–Trinajstić information content (AvgIpc) is 3.54. The van der Waals surface area contributed by atoms with E-state index >= 15 is 0 Å². The Bertz CT molecular complexity index is 1070. The molecule has 1 aromatic heterocycles. The number of carbonyl (C=O) groups excluding carboxylic acids is 1. The van der Waals surface area contributed by atoms with Gasteiger partial charge in [-0.1, -0.05) is 43.3 Å². The van der Waals surface area contributed by atoms with Gasteiger partial charge in [-0.15, -0.1) is 0 Å². The van der Waals surface area contributed by atoms with E-state index in [2.05, 4.69) is 44.6 Å². The van der Waals surface area contributed by atoms with Gasteiger partial charge in [0, 0.05) is 30.3 Å². The van der Waals surface area contributed by atoms with Gasteiger partial charge in [0.25, 0.3) is 5.91 Å². The molecule has 1 unspecified atom stereocenters. The third-order valence-corrected chi connectivity index (χ3v) is 6.24. The molecule has 0 bridgehead atoms. The van der Waals surface area contributed by atoms with Crippen molar-refractivity contribution < 1.29 is 9.32 Å². The van der Waals surface area contributed by atoms with E-state index in [1.165, 1.54) is 11.1 Å². The van der Waals surface area contributed by atoms with Crippen LogP contribution < -0.4 is 10.2 Å². The Morgan fingerprint density at radius 2 is 1.84 bits per heavy atom. The Morgan fingerprint density at radius 3 is 2.55 bits per heavy atom. The molecule has 0 saturated heterocycles. The highest BCUT2D eigenvalue weighted by atomic mass is 16.5. The summed E-state index contributed by atoms with van der Waals surface area (Å²) in [5.41, 5.74) is 4.58. The number of hydrogen-bond donors (Lipinski definition) is 1.